The summed E-state index contributed by atoms with van der Waals surface area (Å²) in [6.07, 6.45) is 0.343. The second-order valence-electron chi connectivity index (χ2n) is 3.20. The number of carbonyl (C=O) groups excluding carboxylic acids is 2. The number of rotatable bonds is 2. The smallest absolute Gasteiger partial charge is 0.316 e. The zero-order chi connectivity index (χ0) is 10.8. The molecule has 1 fully saturated rings. The zero-order valence-corrected chi connectivity index (χ0v) is 9.08. The van der Waals surface area contributed by atoms with E-state index >= 15 is 0 Å². The summed E-state index contributed by atoms with van der Waals surface area (Å²) in [7, 11) is -0.228. The van der Waals surface area contributed by atoms with Gasteiger partial charge in [0.2, 0.25) is 7.37 Å². The Morgan fingerprint density at radius 2 is 2.14 bits per heavy atom. The van der Waals surface area contributed by atoms with Gasteiger partial charge in [-0.1, -0.05) is 0 Å². The van der Waals surface area contributed by atoms with Gasteiger partial charge in [0.1, 0.15) is 11.7 Å². The summed E-state index contributed by atoms with van der Waals surface area (Å²) >= 11 is 0. The van der Waals surface area contributed by atoms with Crippen molar-refractivity contribution in [3.63, 3.8) is 0 Å². The van der Waals surface area contributed by atoms with Gasteiger partial charge in [0.15, 0.2) is 0 Å². The van der Waals surface area contributed by atoms with Gasteiger partial charge in [-0.3, -0.25) is 14.2 Å². The highest BCUT2D eigenvalue weighted by Gasteiger charge is 2.40. The summed E-state index contributed by atoms with van der Waals surface area (Å²) in [4.78, 5) is 22.5. The first-order valence-electron chi connectivity index (χ1n) is 4.27. The predicted molar refractivity (Wildman–Crippen MR) is 49.5 cm³/mol. The predicted octanol–water partition coefficient (Wildman–Crippen LogP) is 0.673. The number of methoxy groups -OCH3 is 1. The Hall–Kier alpha value is -0.670. The SMILES string of the molecule is COC(=O)C1CP(=O)(OC)CCC1=O. The largest absolute Gasteiger partial charge is 0.468 e. The van der Waals surface area contributed by atoms with Crippen LogP contribution in [0.25, 0.3) is 0 Å². The highest BCUT2D eigenvalue weighted by atomic mass is 31.2. The number of carbonyl (C=O) groups is 2. The fourth-order valence-electron chi connectivity index (χ4n) is 1.44. The third-order valence-electron chi connectivity index (χ3n) is 2.37. The molecule has 0 N–H and O–H groups in total. The van der Waals surface area contributed by atoms with Crippen molar-refractivity contribution in [3.05, 3.63) is 0 Å². The van der Waals surface area contributed by atoms with E-state index in [1.807, 2.05) is 0 Å². The van der Waals surface area contributed by atoms with E-state index in [4.69, 9.17) is 4.52 Å². The van der Waals surface area contributed by atoms with E-state index in [1.165, 1.54) is 14.2 Å². The number of hydrogen-bond donors (Lipinski definition) is 0. The van der Waals surface area contributed by atoms with Gasteiger partial charge in [-0.05, 0) is 0 Å². The third-order valence-corrected chi connectivity index (χ3v) is 4.86. The molecule has 0 aromatic carbocycles. The average molecular weight is 220 g/mol. The van der Waals surface area contributed by atoms with Crippen LogP contribution in [0.5, 0.6) is 0 Å². The second kappa shape index (κ2) is 4.24. The standard InChI is InChI=1S/C8H13O5P/c1-12-8(10)6-5-14(11,13-2)4-3-7(6)9/h6H,3-5H2,1-2H3. The summed E-state index contributed by atoms with van der Waals surface area (Å²) < 4.78 is 21.1. The third kappa shape index (κ3) is 2.22. The van der Waals surface area contributed by atoms with Crippen LogP contribution in [0.3, 0.4) is 0 Å². The molecule has 0 bridgehead atoms. The highest BCUT2D eigenvalue weighted by molar-refractivity contribution is 7.59. The number of hydrogen-bond acceptors (Lipinski definition) is 5. The second-order valence-corrected chi connectivity index (χ2v) is 6.00. The lowest BCUT2D eigenvalue weighted by Gasteiger charge is -2.25. The maximum absolute atomic E-state index is 11.8. The summed E-state index contributed by atoms with van der Waals surface area (Å²) in [5.41, 5.74) is 0. The van der Waals surface area contributed by atoms with E-state index < -0.39 is 19.3 Å². The Balaban J connectivity index is 2.79. The average Bonchev–Trinajstić information content (AvgIpc) is 2.21. The van der Waals surface area contributed by atoms with Crippen molar-refractivity contribution in [3.8, 4) is 0 Å². The summed E-state index contributed by atoms with van der Waals surface area (Å²) in [6.45, 7) is 0. The molecule has 1 aliphatic heterocycles. The first kappa shape index (κ1) is 11.4. The van der Waals surface area contributed by atoms with Crippen molar-refractivity contribution in [1.82, 2.24) is 0 Å². The van der Waals surface area contributed by atoms with E-state index in [9.17, 15) is 14.2 Å². The fourth-order valence-corrected chi connectivity index (χ4v) is 3.42. The molecule has 1 aliphatic rings. The van der Waals surface area contributed by atoms with Gasteiger partial charge >= 0.3 is 5.97 Å². The van der Waals surface area contributed by atoms with Crippen LogP contribution in [0.4, 0.5) is 0 Å². The van der Waals surface area contributed by atoms with Crippen molar-refractivity contribution in [2.45, 2.75) is 6.42 Å². The summed E-state index contributed by atoms with van der Waals surface area (Å²) in [5, 5.41) is 0. The molecule has 1 saturated heterocycles. The molecule has 80 valence electrons. The van der Waals surface area contributed by atoms with Crippen molar-refractivity contribution in [1.29, 1.82) is 0 Å². The van der Waals surface area contributed by atoms with E-state index in [0.717, 1.165) is 0 Å². The van der Waals surface area contributed by atoms with E-state index in [-0.39, 0.29) is 24.5 Å². The van der Waals surface area contributed by atoms with Crippen LogP contribution in [0, 0.1) is 5.92 Å². The molecular weight excluding hydrogens is 207 g/mol. The lowest BCUT2D eigenvalue weighted by atomic mass is 10.0. The minimum absolute atomic E-state index is 0.0188. The number of Topliss-reactive ketones (excluding diaryl/α,β-unsaturated/α-hetero) is 1. The number of ether oxygens (including phenoxy) is 1. The lowest BCUT2D eigenvalue weighted by molar-refractivity contribution is -0.148. The Kier molecular flexibility index (Phi) is 3.45. The quantitative estimate of drug-likeness (QED) is 0.388. The minimum Gasteiger partial charge on any atom is -0.468 e. The lowest BCUT2D eigenvalue weighted by Crippen LogP contribution is -2.33. The zero-order valence-electron chi connectivity index (χ0n) is 8.19. The molecule has 1 heterocycles. The first-order chi connectivity index (χ1) is 6.52. The molecule has 0 radical (unpaired) electrons. The van der Waals surface area contributed by atoms with Crippen LogP contribution in [-0.2, 0) is 23.4 Å². The van der Waals surface area contributed by atoms with Crippen molar-refractivity contribution < 1.29 is 23.4 Å². The molecule has 5 nitrogen and oxygen atoms in total. The van der Waals surface area contributed by atoms with Crippen molar-refractivity contribution in [2.75, 3.05) is 26.5 Å². The van der Waals surface area contributed by atoms with Gasteiger partial charge in [0.05, 0.1) is 7.11 Å². The molecule has 0 saturated carbocycles. The van der Waals surface area contributed by atoms with Crippen LogP contribution in [-0.4, -0.2) is 38.3 Å². The van der Waals surface area contributed by atoms with Crippen LogP contribution >= 0.6 is 7.37 Å². The Morgan fingerprint density at radius 3 is 2.64 bits per heavy atom. The van der Waals surface area contributed by atoms with Crippen LogP contribution in [0.15, 0.2) is 0 Å². The molecule has 0 spiro atoms. The molecule has 2 unspecified atom stereocenters. The molecule has 0 aromatic heterocycles. The molecule has 6 heteroatoms. The van der Waals surface area contributed by atoms with Gasteiger partial charge in [0.25, 0.3) is 0 Å². The molecule has 0 aliphatic carbocycles. The maximum atomic E-state index is 11.8. The monoisotopic (exact) mass is 220 g/mol. The topological polar surface area (TPSA) is 69.7 Å². The summed E-state index contributed by atoms with van der Waals surface area (Å²) in [6, 6.07) is 0. The van der Waals surface area contributed by atoms with Crippen LogP contribution < -0.4 is 0 Å². The fraction of sp³-hybridized carbons (Fsp3) is 0.750. The van der Waals surface area contributed by atoms with E-state index in [1.54, 1.807) is 0 Å². The highest BCUT2D eigenvalue weighted by Crippen LogP contribution is 2.51. The van der Waals surface area contributed by atoms with Crippen LogP contribution in [0.1, 0.15) is 6.42 Å². The number of ketones is 1. The molecular formula is C8H13O5P. The van der Waals surface area contributed by atoms with Gasteiger partial charge in [-0.15, -0.1) is 0 Å². The first-order valence-corrected chi connectivity index (χ1v) is 6.26. The molecule has 14 heavy (non-hydrogen) atoms. The van der Waals surface area contributed by atoms with Crippen molar-refractivity contribution in [2.24, 2.45) is 5.92 Å². The number of esters is 1. The minimum atomic E-state index is -2.78. The maximum Gasteiger partial charge on any atom is 0.316 e. The van der Waals surface area contributed by atoms with Crippen LogP contribution in [0.2, 0.25) is 0 Å². The summed E-state index contributed by atoms with van der Waals surface area (Å²) in [5.74, 6) is -1.73. The van der Waals surface area contributed by atoms with Gasteiger partial charge in [0, 0.05) is 25.9 Å². The molecule has 1 rings (SSSR count). The molecule has 0 amide bonds. The normalized spacial score (nSPS) is 32.7. The van der Waals surface area contributed by atoms with E-state index in [2.05, 4.69) is 4.74 Å². The Bertz CT molecular complexity index is 290. The van der Waals surface area contributed by atoms with E-state index in [0.29, 0.717) is 0 Å². The van der Waals surface area contributed by atoms with Gasteiger partial charge in [-0.25, -0.2) is 0 Å². The Labute approximate surface area is 82.2 Å². The molecule has 2 atom stereocenters. The van der Waals surface area contributed by atoms with Gasteiger partial charge < -0.3 is 9.26 Å². The molecule has 0 aromatic rings. The van der Waals surface area contributed by atoms with Crippen molar-refractivity contribution >= 4 is 19.1 Å². The Morgan fingerprint density at radius 1 is 1.50 bits per heavy atom. The van der Waals surface area contributed by atoms with Gasteiger partial charge in [-0.2, -0.15) is 0 Å².